The molecule has 0 heterocycles. The quantitative estimate of drug-likeness (QED) is 0.526. The lowest BCUT2D eigenvalue weighted by Crippen LogP contribution is -2.40. The number of carboxylic acid groups (broad SMARTS) is 1. The molecule has 0 saturated carbocycles. The number of carbonyl (C=O) groups excluding carboxylic acids is 1. The summed E-state index contributed by atoms with van der Waals surface area (Å²) in [6.45, 7) is 0.876. The van der Waals surface area contributed by atoms with Crippen LogP contribution in [0.5, 0.6) is 0 Å². The monoisotopic (exact) mass is 380 g/mol. The maximum atomic E-state index is 12.1. The van der Waals surface area contributed by atoms with Crippen molar-refractivity contribution in [2.24, 2.45) is 5.73 Å². The van der Waals surface area contributed by atoms with E-state index in [1.54, 1.807) is 0 Å². The summed E-state index contributed by atoms with van der Waals surface area (Å²) >= 11 is 3.08. The highest BCUT2D eigenvalue weighted by Gasteiger charge is 2.23. The molecule has 10 heteroatoms. The zero-order chi connectivity index (χ0) is 16.4. The zero-order valence-corrected chi connectivity index (χ0v) is 13.2. The molecule has 0 aliphatic carbocycles. The van der Waals surface area contributed by atoms with Crippen LogP contribution in [0.2, 0.25) is 0 Å². The van der Waals surface area contributed by atoms with Crippen molar-refractivity contribution in [2.45, 2.75) is 17.9 Å². The summed E-state index contributed by atoms with van der Waals surface area (Å²) < 4.78 is 26.5. The first kappa shape index (κ1) is 17.6. The van der Waals surface area contributed by atoms with E-state index < -0.39 is 34.5 Å². The molecule has 1 aromatic rings. The van der Waals surface area contributed by atoms with Crippen molar-refractivity contribution >= 4 is 37.8 Å². The number of hydrogen-bond donors (Lipinski definition) is 4. The second-order valence-electron chi connectivity index (χ2n) is 4.16. The van der Waals surface area contributed by atoms with Crippen LogP contribution in [0.15, 0.2) is 21.5 Å². The van der Waals surface area contributed by atoms with E-state index in [2.05, 4.69) is 15.9 Å². The molecule has 1 amide bonds. The fraction of sp³-hybridized carbons (Fsp3) is 0.273. The molecule has 5 N–H and O–H groups in total. The third kappa shape index (κ3) is 4.24. The molecule has 1 aromatic carbocycles. The predicted octanol–water partition coefficient (Wildman–Crippen LogP) is -0.420. The van der Waals surface area contributed by atoms with Gasteiger partial charge in [0.1, 0.15) is 6.10 Å². The molecular formula is C11H13BrN2O6S. The Balaban J connectivity index is 3.19. The van der Waals surface area contributed by atoms with Gasteiger partial charge in [0, 0.05) is 11.0 Å². The average molecular weight is 381 g/mol. The van der Waals surface area contributed by atoms with E-state index in [9.17, 15) is 23.1 Å². The summed E-state index contributed by atoms with van der Waals surface area (Å²) in [5.41, 5.74) is 4.89. The Morgan fingerprint density at radius 3 is 2.48 bits per heavy atom. The van der Waals surface area contributed by atoms with Crippen LogP contribution in [-0.2, 0) is 14.8 Å². The van der Waals surface area contributed by atoms with Crippen LogP contribution in [0.4, 0.5) is 0 Å². The maximum absolute atomic E-state index is 12.1. The molecule has 0 saturated heterocycles. The first-order valence-corrected chi connectivity index (χ1v) is 7.84. The highest BCUT2D eigenvalue weighted by atomic mass is 79.9. The van der Waals surface area contributed by atoms with E-state index >= 15 is 0 Å². The van der Waals surface area contributed by atoms with Crippen LogP contribution in [0, 0.1) is 6.92 Å². The predicted molar refractivity (Wildman–Crippen MR) is 76.2 cm³/mol. The first-order valence-electron chi connectivity index (χ1n) is 5.56. The van der Waals surface area contributed by atoms with Gasteiger partial charge >= 0.3 is 5.97 Å². The van der Waals surface area contributed by atoms with Crippen molar-refractivity contribution in [3.8, 4) is 0 Å². The van der Waals surface area contributed by atoms with Crippen molar-refractivity contribution in [1.82, 2.24) is 4.72 Å². The van der Waals surface area contributed by atoms with Gasteiger partial charge in [-0.05, 0) is 24.6 Å². The molecule has 0 aromatic heterocycles. The third-order valence-corrected chi connectivity index (χ3v) is 5.00. The van der Waals surface area contributed by atoms with Gasteiger partial charge in [-0.3, -0.25) is 4.79 Å². The topological polar surface area (TPSA) is 147 Å². The molecule has 116 valence electrons. The fourth-order valence-electron chi connectivity index (χ4n) is 1.42. The highest BCUT2D eigenvalue weighted by molar-refractivity contribution is 9.10. The number of rotatable bonds is 6. The van der Waals surface area contributed by atoms with E-state index in [0.717, 1.165) is 6.07 Å². The minimum atomic E-state index is -4.11. The number of aliphatic hydroxyl groups excluding tert-OH is 1. The van der Waals surface area contributed by atoms with Gasteiger partial charge in [0.25, 0.3) is 0 Å². The van der Waals surface area contributed by atoms with Crippen molar-refractivity contribution in [2.75, 3.05) is 6.54 Å². The molecule has 21 heavy (non-hydrogen) atoms. The number of carboxylic acids is 1. The summed E-state index contributed by atoms with van der Waals surface area (Å²) in [6, 6.07) is 2.26. The standard InChI is InChI=1S/C11H13BrN2O6S/c1-5-7(12)2-6(11(17)18)3-9(5)21(19,20)14-4-8(15)10(13)16/h2-3,8,14-15H,4H2,1H3,(H2,13,16)(H,17,18). The number of nitrogens with two attached hydrogens (primary N) is 1. The van der Waals surface area contributed by atoms with Crippen LogP contribution in [0.3, 0.4) is 0 Å². The highest BCUT2D eigenvalue weighted by Crippen LogP contribution is 2.25. The Kier molecular flexibility index (Phi) is 5.45. The lowest BCUT2D eigenvalue weighted by atomic mass is 10.1. The second kappa shape index (κ2) is 6.52. The summed E-state index contributed by atoms with van der Waals surface area (Å²) in [4.78, 5) is 21.4. The fourth-order valence-corrected chi connectivity index (χ4v) is 3.34. The number of nitrogens with one attached hydrogen (secondary N) is 1. The van der Waals surface area contributed by atoms with Gasteiger partial charge in [-0.25, -0.2) is 17.9 Å². The number of aliphatic hydroxyl groups is 1. The lowest BCUT2D eigenvalue weighted by Gasteiger charge is -2.13. The largest absolute Gasteiger partial charge is 0.478 e. The summed E-state index contributed by atoms with van der Waals surface area (Å²) in [6.07, 6.45) is -1.67. The van der Waals surface area contributed by atoms with Gasteiger partial charge in [-0.2, -0.15) is 0 Å². The molecule has 8 nitrogen and oxygen atoms in total. The van der Waals surface area contributed by atoms with Gasteiger partial charge in [0.2, 0.25) is 15.9 Å². The number of aromatic carboxylic acids is 1. The molecule has 0 aliphatic rings. The van der Waals surface area contributed by atoms with E-state index in [1.807, 2.05) is 4.72 Å². The maximum Gasteiger partial charge on any atom is 0.335 e. The van der Waals surface area contributed by atoms with Crippen LogP contribution in [0.25, 0.3) is 0 Å². The normalized spacial score (nSPS) is 12.9. The van der Waals surface area contributed by atoms with Crippen LogP contribution >= 0.6 is 15.9 Å². The van der Waals surface area contributed by atoms with Crippen LogP contribution < -0.4 is 10.5 Å². The Bertz CT molecular complexity index is 688. The van der Waals surface area contributed by atoms with Crippen molar-refractivity contribution in [3.05, 3.63) is 27.7 Å². The lowest BCUT2D eigenvalue weighted by molar-refractivity contribution is -0.125. The van der Waals surface area contributed by atoms with Gasteiger partial charge in [0.15, 0.2) is 0 Å². The van der Waals surface area contributed by atoms with Crippen LogP contribution in [-0.4, -0.2) is 43.2 Å². The SMILES string of the molecule is Cc1c(Br)cc(C(=O)O)cc1S(=O)(=O)NCC(O)C(N)=O. The number of halogens is 1. The Morgan fingerprint density at radius 1 is 1.43 bits per heavy atom. The van der Waals surface area contributed by atoms with Crippen molar-refractivity contribution in [1.29, 1.82) is 0 Å². The molecule has 0 aliphatic heterocycles. The van der Waals surface area contributed by atoms with Gasteiger partial charge in [0.05, 0.1) is 10.5 Å². The van der Waals surface area contributed by atoms with E-state index in [4.69, 9.17) is 10.8 Å². The van der Waals surface area contributed by atoms with Crippen LogP contribution in [0.1, 0.15) is 15.9 Å². The second-order valence-corrected chi connectivity index (χ2v) is 6.75. The smallest absolute Gasteiger partial charge is 0.335 e. The summed E-state index contributed by atoms with van der Waals surface area (Å²) in [5, 5.41) is 18.1. The molecule has 0 fully saturated rings. The van der Waals surface area contributed by atoms with Gasteiger partial charge < -0.3 is 15.9 Å². The Labute approximate surface area is 129 Å². The number of amides is 1. The number of sulfonamides is 1. The van der Waals surface area contributed by atoms with Crippen molar-refractivity contribution < 1.29 is 28.2 Å². The van der Waals surface area contributed by atoms with Gasteiger partial charge in [-0.1, -0.05) is 15.9 Å². The summed E-state index contributed by atoms with van der Waals surface area (Å²) in [5.74, 6) is -2.36. The van der Waals surface area contributed by atoms with E-state index in [0.29, 0.717) is 10.0 Å². The van der Waals surface area contributed by atoms with E-state index in [1.165, 1.54) is 13.0 Å². The minimum absolute atomic E-state index is 0.219. The molecule has 1 rings (SSSR count). The molecule has 1 atom stereocenters. The molecule has 0 spiro atoms. The number of hydrogen-bond acceptors (Lipinski definition) is 5. The molecule has 0 bridgehead atoms. The third-order valence-electron chi connectivity index (χ3n) is 2.63. The Hall–Kier alpha value is -1.49. The minimum Gasteiger partial charge on any atom is -0.478 e. The molecule has 0 radical (unpaired) electrons. The number of carbonyl (C=O) groups is 2. The molecular weight excluding hydrogens is 368 g/mol. The number of benzene rings is 1. The molecule has 1 unspecified atom stereocenters. The van der Waals surface area contributed by atoms with Crippen molar-refractivity contribution in [3.63, 3.8) is 0 Å². The Morgan fingerprint density at radius 2 is 2.00 bits per heavy atom. The van der Waals surface area contributed by atoms with E-state index in [-0.39, 0.29) is 10.5 Å². The zero-order valence-electron chi connectivity index (χ0n) is 10.8. The number of primary amides is 1. The summed E-state index contributed by atoms with van der Waals surface area (Å²) in [7, 11) is -4.11. The van der Waals surface area contributed by atoms with Gasteiger partial charge in [-0.15, -0.1) is 0 Å². The average Bonchev–Trinajstić information content (AvgIpc) is 2.38. The first-order chi connectivity index (χ1) is 9.56.